The Labute approximate surface area is 217 Å². The van der Waals surface area contributed by atoms with Crippen LogP contribution in [-0.4, -0.2) is 18.1 Å². The predicted octanol–water partition coefficient (Wildman–Crippen LogP) is 8.15. The molecule has 0 saturated carbocycles. The Bertz CT molecular complexity index is 922. The topological polar surface area (TPSA) is 67.8 Å². The second kappa shape index (κ2) is 18.3. The van der Waals surface area contributed by atoms with Gasteiger partial charge in [-0.3, -0.25) is 4.79 Å². The molecule has 0 spiro atoms. The molecule has 0 fully saturated rings. The maximum atomic E-state index is 12.3. The number of carbonyl (C=O) groups excluding carboxylic acids is 2. The molecule has 36 heavy (non-hydrogen) atoms. The van der Waals surface area contributed by atoms with Crippen LogP contribution in [0.5, 0.6) is 5.75 Å². The van der Waals surface area contributed by atoms with E-state index >= 15 is 0 Å². The molecule has 0 aliphatic heterocycles. The lowest BCUT2D eigenvalue weighted by Gasteiger charge is -2.06. The minimum Gasteiger partial charge on any atom is -0.423 e. The molecular weight excluding hydrogens is 448 g/mol. The Hall–Kier alpha value is -2.95. The number of aryl methyl sites for hydroxylation is 1. The van der Waals surface area contributed by atoms with Crippen molar-refractivity contribution in [2.24, 2.45) is 5.10 Å². The summed E-state index contributed by atoms with van der Waals surface area (Å²) in [6, 6.07) is 14.3. The van der Waals surface area contributed by atoms with E-state index in [1.165, 1.54) is 70.6 Å². The first-order chi connectivity index (χ1) is 17.6. The van der Waals surface area contributed by atoms with Crippen LogP contribution in [0.1, 0.15) is 118 Å². The second-order valence-corrected chi connectivity index (χ2v) is 9.56. The zero-order chi connectivity index (χ0) is 25.8. The predicted molar refractivity (Wildman–Crippen MR) is 149 cm³/mol. The molecule has 1 N–H and O–H groups in total. The Morgan fingerprint density at radius 2 is 1.33 bits per heavy atom. The maximum Gasteiger partial charge on any atom is 0.343 e. The van der Waals surface area contributed by atoms with Crippen molar-refractivity contribution in [2.45, 2.75) is 104 Å². The number of ether oxygens (including phenoxy) is 1. The van der Waals surface area contributed by atoms with Crippen LogP contribution in [0.3, 0.4) is 0 Å². The number of hydrogen-bond acceptors (Lipinski definition) is 4. The van der Waals surface area contributed by atoms with Gasteiger partial charge >= 0.3 is 5.97 Å². The molecule has 5 nitrogen and oxygen atoms in total. The van der Waals surface area contributed by atoms with Gasteiger partial charge in [0.15, 0.2) is 0 Å². The fraction of sp³-hybridized carbons (Fsp3) is 0.516. The van der Waals surface area contributed by atoms with Gasteiger partial charge in [-0.2, -0.15) is 5.10 Å². The van der Waals surface area contributed by atoms with Gasteiger partial charge < -0.3 is 4.74 Å². The lowest BCUT2D eigenvalue weighted by atomic mass is 10.0. The lowest BCUT2D eigenvalue weighted by Crippen LogP contribution is -2.16. The van der Waals surface area contributed by atoms with Gasteiger partial charge in [0.05, 0.1) is 11.8 Å². The molecule has 0 aromatic heterocycles. The van der Waals surface area contributed by atoms with Gasteiger partial charge in [0, 0.05) is 6.42 Å². The third kappa shape index (κ3) is 12.7. The minimum absolute atomic E-state index is 0.0573. The van der Waals surface area contributed by atoms with Gasteiger partial charge in [-0.1, -0.05) is 102 Å². The molecule has 2 rings (SSSR count). The molecule has 1 amide bonds. The van der Waals surface area contributed by atoms with Crippen LogP contribution in [0.2, 0.25) is 0 Å². The van der Waals surface area contributed by atoms with Gasteiger partial charge in [0.2, 0.25) is 5.91 Å². The van der Waals surface area contributed by atoms with Gasteiger partial charge in [-0.15, -0.1) is 0 Å². The number of benzene rings is 2. The number of nitrogens with one attached hydrogen (secondary N) is 1. The second-order valence-electron chi connectivity index (χ2n) is 9.56. The first kappa shape index (κ1) is 29.3. The van der Waals surface area contributed by atoms with Crippen molar-refractivity contribution in [1.82, 2.24) is 5.43 Å². The summed E-state index contributed by atoms with van der Waals surface area (Å²) in [5, 5.41) is 4.04. The van der Waals surface area contributed by atoms with E-state index < -0.39 is 0 Å². The number of hydrogen-bond donors (Lipinski definition) is 1. The number of esters is 1. The Balaban J connectivity index is 1.51. The average Bonchev–Trinajstić information content (AvgIpc) is 2.88. The standard InChI is InChI=1S/C31H44N2O3/c1-3-4-5-6-7-8-9-10-11-12-13-14-15-20-30(34)33-32-25-27-21-23-28(24-22-27)36-31(35)29-19-17-16-18-26(29)2/h16-19,21-25H,3-15,20H2,1-2H3,(H,33,34)/b32-25+. The molecule has 0 heterocycles. The van der Waals surface area contributed by atoms with Gasteiger partial charge in [-0.25, -0.2) is 10.2 Å². The van der Waals surface area contributed by atoms with Crippen LogP contribution >= 0.6 is 0 Å². The summed E-state index contributed by atoms with van der Waals surface area (Å²) in [7, 11) is 0. The van der Waals surface area contributed by atoms with E-state index in [9.17, 15) is 9.59 Å². The minimum atomic E-state index is -0.380. The summed E-state index contributed by atoms with van der Waals surface area (Å²) in [5.41, 5.74) is 4.83. The van der Waals surface area contributed by atoms with E-state index in [0.29, 0.717) is 17.7 Å². The van der Waals surface area contributed by atoms with Crippen LogP contribution in [0.4, 0.5) is 0 Å². The molecule has 196 valence electrons. The molecule has 0 unspecified atom stereocenters. The number of amides is 1. The van der Waals surface area contributed by atoms with Crippen molar-refractivity contribution >= 4 is 18.1 Å². The summed E-state index contributed by atoms with van der Waals surface area (Å²) in [5.74, 6) is 0.0277. The largest absolute Gasteiger partial charge is 0.423 e. The molecule has 0 aliphatic carbocycles. The Kier molecular flexibility index (Phi) is 14.9. The van der Waals surface area contributed by atoms with Crippen molar-refractivity contribution in [2.75, 3.05) is 0 Å². The van der Waals surface area contributed by atoms with Crippen molar-refractivity contribution in [3.63, 3.8) is 0 Å². The number of nitrogens with zero attached hydrogens (tertiary/aromatic N) is 1. The molecular formula is C31H44N2O3. The first-order valence-corrected chi connectivity index (χ1v) is 13.8. The number of carbonyl (C=O) groups is 2. The third-order valence-corrected chi connectivity index (χ3v) is 6.37. The highest BCUT2D eigenvalue weighted by Crippen LogP contribution is 2.16. The van der Waals surface area contributed by atoms with E-state index in [0.717, 1.165) is 24.0 Å². The average molecular weight is 493 g/mol. The highest BCUT2D eigenvalue weighted by atomic mass is 16.5. The van der Waals surface area contributed by atoms with E-state index in [1.54, 1.807) is 36.5 Å². The molecule has 0 radical (unpaired) electrons. The van der Waals surface area contributed by atoms with Crippen LogP contribution in [-0.2, 0) is 4.79 Å². The normalized spacial score (nSPS) is 11.1. The summed E-state index contributed by atoms with van der Waals surface area (Å²) in [6.07, 6.45) is 18.9. The first-order valence-electron chi connectivity index (χ1n) is 13.8. The summed E-state index contributed by atoms with van der Waals surface area (Å²) in [6.45, 7) is 4.14. The Morgan fingerprint density at radius 3 is 1.92 bits per heavy atom. The quantitative estimate of drug-likeness (QED) is 0.0750. The van der Waals surface area contributed by atoms with Crippen molar-refractivity contribution in [1.29, 1.82) is 0 Å². The van der Waals surface area contributed by atoms with Gasteiger partial charge in [0.1, 0.15) is 5.75 Å². The highest BCUT2D eigenvalue weighted by Gasteiger charge is 2.10. The van der Waals surface area contributed by atoms with Crippen molar-refractivity contribution in [3.05, 3.63) is 65.2 Å². The molecule has 0 aliphatic rings. The van der Waals surface area contributed by atoms with Crippen LogP contribution in [0.25, 0.3) is 0 Å². The van der Waals surface area contributed by atoms with Gasteiger partial charge in [0.25, 0.3) is 0 Å². The van der Waals surface area contributed by atoms with E-state index in [2.05, 4.69) is 17.5 Å². The summed E-state index contributed by atoms with van der Waals surface area (Å²) >= 11 is 0. The number of rotatable bonds is 18. The molecule has 2 aromatic carbocycles. The SMILES string of the molecule is CCCCCCCCCCCCCCCC(=O)N/N=C/c1ccc(OC(=O)c2ccccc2C)cc1. The molecule has 2 aromatic rings. The van der Waals surface area contributed by atoms with Gasteiger partial charge in [-0.05, 0) is 54.8 Å². The zero-order valence-electron chi connectivity index (χ0n) is 22.3. The van der Waals surface area contributed by atoms with Crippen LogP contribution in [0.15, 0.2) is 53.6 Å². The highest BCUT2D eigenvalue weighted by molar-refractivity contribution is 5.92. The molecule has 0 saturated heterocycles. The molecule has 5 heteroatoms. The summed E-state index contributed by atoms with van der Waals surface area (Å²) < 4.78 is 5.44. The number of unbranched alkanes of at least 4 members (excludes halogenated alkanes) is 12. The van der Waals surface area contributed by atoms with E-state index in [4.69, 9.17) is 4.74 Å². The third-order valence-electron chi connectivity index (χ3n) is 6.37. The fourth-order valence-electron chi connectivity index (χ4n) is 4.12. The smallest absolute Gasteiger partial charge is 0.343 e. The van der Waals surface area contributed by atoms with E-state index in [-0.39, 0.29) is 11.9 Å². The van der Waals surface area contributed by atoms with Crippen molar-refractivity contribution < 1.29 is 14.3 Å². The van der Waals surface area contributed by atoms with Crippen LogP contribution in [0, 0.1) is 6.92 Å². The number of hydrazone groups is 1. The lowest BCUT2D eigenvalue weighted by molar-refractivity contribution is -0.121. The zero-order valence-corrected chi connectivity index (χ0v) is 22.3. The Morgan fingerprint density at radius 1 is 0.778 bits per heavy atom. The van der Waals surface area contributed by atoms with E-state index in [1.807, 2.05) is 25.1 Å². The summed E-state index contributed by atoms with van der Waals surface area (Å²) in [4.78, 5) is 24.3. The maximum absolute atomic E-state index is 12.3. The monoisotopic (exact) mass is 492 g/mol. The van der Waals surface area contributed by atoms with Crippen molar-refractivity contribution in [3.8, 4) is 5.75 Å². The fourth-order valence-corrected chi connectivity index (χ4v) is 4.12. The molecule has 0 atom stereocenters. The molecule has 0 bridgehead atoms. The van der Waals surface area contributed by atoms with Crippen LogP contribution < -0.4 is 10.2 Å².